The summed E-state index contributed by atoms with van der Waals surface area (Å²) >= 11 is 0. The normalized spacial score (nSPS) is 19.6. The number of hydrogen-bond donors (Lipinski definition) is 2. The average Bonchev–Trinajstić information content (AvgIpc) is 2.80. The van der Waals surface area contributed by atoms with Crippen LogP contribution in [0, 0.1) is 0 Å². The molecule has 6 heteroatoms. The van der Waals surface area contributed by atoms with Crippen LogP contribution in [-0.4, -0.2) is 41.0 Å². The summed E-state index contributed by atoms with van der Waals surface area (Å²) in [4.78, 5) is 2.03. The maximum atomic E-state index is 9.43. The lowest BCUT2D eigenvalue weighted by atomic mass is 10.1. The molecular formula is C11H20N4O2. The van der Waals surface area contributed by atoms with E-state index in [0.29, 0.717) is 11.9 Å². The summed E-state index contributed by atoms with van der Waals surface area (Å²) in [5, 5.41) is 20.8. The molecule has 0 bridgehead atoms. The maximum absolute atomic E-state index is 9.43. The first-order valence-corrected chi connectivity index (χ1v) is 6.20. The Bertz CT molecular complexity index is 347. The highest BCUT2D eigenvalue weighted by Crippen LogP contribution is 2.20. The van der Waals surface area contributed by atoms with Crippen LogP contribution in [0.3, 0.4) is 0 Å². The molecule has 0 amide bonds. The van der Waals surface area contributed by atoms with Gasteiger partial charge in [-0.1, -0.05) is 12.0 Å². The number of aliphatic hydroxyl groups is 1. The molecule has 1 unspecified atom stereocenters. The molecule has 0 saturated carbocycles. The van der Waals surface area contributed by atoms with Gasteiger partial charge >= 0.3 is 6.01 Å². The molecule has 1 atom stereocenters. The Morgan fingerprint density at radius 3 is 2.82 bits per heavy atom. The van der Waals surface area contributed by atoms with Crippen LogP contribution in [0.5, 0.6) is 0 Å². The highest BCUT2D eigenvalue weighted by Gasteiger charge is 2.22. The van der Waals surface area contributed by atoms with Crippen molar-refractivity contribution >= 4 is 6.01 Å². The van der Waals surface area contributed by atoms with Gasteiger partial charge in [-0.05, 0) is 26.3 Å². The van der Waals surface area contributed by atoms with Crippen LogP contribution >= 0.6 is 0 Å². The van der Waals surface area contributed by atoms with Gasteiger partial charge in [0.2, 0.25) is 5.89 Å². The minimum absolute atomic E-state index is 0.0802. The number of nitrogens with zero attached hydrogens (tertiary/aromatic N) is 3. The SMILES string of the molecule is CCNC(C)c1nnc(N2CCC(O)CC2)o1. The van der Waals surface area contributed by atoms with Crippen LogP contribution in [0.15, 0.2) is 4.42 Å². The summed E-state index contributed by atoms with van der Waals surface area (Å²) < 4.78 is 5.63. The van der Waals surface area contributed by atoms with Crippen LogP contribution < -0.4 is 10.2 Å². The Morgan fingerprint density at radius 2 is 2.18 bits per heavy atom. The van der Waals surface area contributed by atoms with E-state index < -0.39 is 0 Å². The predicted molar refractivity (Wildman–Crippen MR) is 63.8 cm³/mol. The van der Waals surface area contributed by atoms with Crippen molar-refractivity contribution in [2.24, 2.45) is 0 Å². The lowest BCUT2D eigenvalue weighted by Gasteiger charge is -2.27. The highest BCUT2D eigenvalue weighted by atomic mass is 16.4. The van der Waals surface area contributed by atoms with E-state index in [0.717, 1.165) is 32.5 Å². The van der Waals surface area contributed by atoms with Gasteiger partial charge in [0.25, 0.3) is 0 Å². The Morgan fingerprint density at radius 1 is 1.47 bits per heavy atom. The molecule has 0 aliphatic carbocycles. The molecule has 0 spiro atoms. The summed E-state index contributed by atoms with van der Waals surface area (Å²) in [7, 11) is 0. The maximum Gasteiger partial charge on any atom is 0.318 e. The Hall–Kier alpha value is -1.14. The largest absolute Gasteiger partial charge is 0.406 e. The number of rotatable bonds is 4. The van der Waals surface area contributed by atoms with Crippen molar-refractivity contribution in [3.05, 3.63) is 5.89 Å². The minimum Gasteiger partial charge on any atom is -0.406 e. The minimum atomic E-state index is -0.186. The van der Waals surface area contributed by atoms with Gasteiger partial charge in [-0.25, -0.2) is 0 Å². The van der Waals surface area contributed by atoms with Gasteiger partial charge in [-0.15, -0.1) is 5.10 Å². The molecule has 2 heterocycles. The zero-order valence-corrected chi connectivity index (χ0v) is 10.4. The summed E-state index contributed by atoms with van der Waals surface area (Å²) in [6.45, 7) is 6.46. The van der Waals surface area contributed by atoms with Crippen molar-refractivity contribution in [2.75, 3.05) is 24.5 Å². The molecule has 2 rings (SSSR count). The Balaban J connectivity index is 1.98. The highest BCUT2D eigenvalue weighted by molar-refractivity contribution is 5.25. The lowest BCUT2D eigenvalue weighted by molar-refractivity contribution is 0.144. The quantitative estimate of drug-likeness (QED) is 0.807. The van der Waals surface area contributed by atoms with E-state index in [2.05, 4.69) is 15.5 Å². The van der Waals surface area contributed by atoms with Crippen molar-refractivity contribution in [1.29, 1.82) is 0 Å². The van der Waals surface area contributed by atoms with Crippen molar-refractivity contribution in [2.45, 2.75) is 38.8 Å². The third kappa shape index (κ3) is 2.95. The predicted octanol–water partition coefficient (Wildman–Crippen LogP) is 0.701. The van der Waals surface area contributed by atoms with Gasteiger partial charge in [0.05, 0.1) is 12.1 Å². The second-order valence-corrected chi connectivity index (χ2v) is 4.42. The fraction of sp³-hybridized carbons (Fsp3) is 0.818. The molecule has 1 fully saturated rings. The topological polar surface area (TPSA) is 74.4 Å². The molecule has 0 aromatic carbocycles. The zero-order chi connectivity index (χ0) is 12.3. The second-order valence-electron chi connectivity index (χ2n) is 4.42. The van der Waals surface area contributed by atoms with Crippen LogP contribution in [0.25, 0.3) is 0 Å². The Kier molecular flexibility index (Phi) is 3.96. The third-order valence-electron chi connectivity index (χ3n) is 3.05. The number of aliphatic hydroxyl groups excluding tert-OH is 1. The molecule has 0 radical (unpaired) electrons. The molecule has 1 saturated heterocycles. The van der Waals surface area contributed by atoms with Gasteiger partial charge in [0.1, 0.15) is 0 Å². The van der Waals surface area contributed by atoms with Crippen LogP contribution in [-0.2, 0) is 0 Å². The lowest BCUT2D eigenvalue weighted by Crippen LogP contribution is -2.36. The van der Waals surface area contributed by atoms with Crippen molar-refractivity contribution < 1.29 is 9.52 Å². The molecule has 96 valence electrons. The second kappa shape index (κ2) is 5.46. The van der Waals surface area contributed by atoms with Gasteiger partial charge in [-0.3, -0.25) is 0 Å². The first kappa shape index (κ1) is 12.3. The fourth-order valence-corrected chi connectivity index (χ4v) is 1.98. The van der Waals surface area contributed by atoms with Crippen molar-refractivity contribution in [3.8, 4) is 0 Å². The monoisotopic (exact) mass is 240 g/mol. The number of aromatic nitrogens is 2. The van der Waals surface area contributed by atoms with Crippen LogP contribution in [0.4, 0.5) is 6.01 Å². The molecule has 1 aromatic heterocycles. The van der Waals surface area contributed by atoms with E-state index in [1.807, 2.05) is 18.7 Å². The number of nitrogens with one attached hydrogen (secondary N) is 1. The summed E-state index contributed by atoms with van der Waals surface area (Å²) in [6.07, 6.45) is 1.34. The smallest absolute Gasteiger partial charge is 0.318 e. The first-order valence-electron chi connectivity index (χ1n) is 6.20. The van der Waals surface area contributed by atoms with E-state index in [1.165, 1.54) is 0 Å². The summed E-state index contributed by atoms with van der Waals surface area (Å²) in [5.41, 5.74) is 0. The van der Waals surface area contributed by atoms with Gasteiger partial charge in [0.15, 0.2) is 0 Å². The van der Waals surface area contributed by atoms with Crippen molar-refractivity contribution in [1.82, 2.24) is 15.5 Å². The first-order chi connectivity index (χ1) is 8.20. The standard InChI is InChI=1S/C11H20N4O2/c1-3-12-8(2)10-13-14-11(17-10)15-6-4-9(16)5-7-15/h8-9,12,16H,3-7H2,1-2H3. The van der Waals surface area contributed by atoms with Crippen LogP contribution in [0.2, 0.25) is 0 Å². The Labute approximate surface area is 101 Å². The van der Waals surface area contributed by atoms with Crippen LogP contribution in [0.1, 0.15) is 38.6 Å². The molecular weight excluding hydrogens is 220 g/mol. The molecule has 1 aliphatic rings. The van der Waals surface area contributed by atoms with Gasteiger partial charge in [0, 0.05) is 13.1 Å². The fourth-order valence-electron chi connectivity index (χ4n) is 1.98. The molecule has 2 N–H and O–H groups in total. The van der Waals surface area contributed by atoms with E-state index in [-0.39, 0.29) is 12.1 Å². The zero-order valence-electron chi connectivity index (χ0n) is 10.4. The van der Waals surface area contributed by atoms with E-state index in [1.54, 1.807) is 0 Å². The summed E-state index contributed by atoms with van der Waals surface area (Å²) in [5.74, 6) is 0.618. The average molecular weight is 240 g/mol. The van der Waals surface area contributed by atoms with E-state index in [9.17, 15) is 5.11 Å². The van der Waals surface area contributed by atoms with E-state index in [4.69, 9.17) is 4.42 Å². The summed E-state index contributed by atoms with van der Waals surface area (Å²) in [6, 6.07) is 0.647. The van der Waals surface area contributed by atoms with E-state index >= 15 is 0 Å². The van der Waals surface area contributed by atoms with Gasteiger partial charge in [-0.2, -0.15) is 0 Å². The molecule has 1 aromatic rings. The van der Waals surface area contributed by atoms with Gasteiger partial charge < -0.3 is 19.7 Å². The number of anilines is 1. The molecule has 17 heavy (non-hydrogen) atoms. The number of piperidine rings is 1. The van der Waals surface area contributed by atoms with Crippen molar-refractivity contribution in [3.63, 3.8) is 0 Å². The third-order valence-corrected chi connectivity index (χ3v) is 3.05. The molecule has 1 aliphatic heterocycles. The molecule has 6 nitrogen and oxygen atoms in total. The number of hydrogen-bond acceptors (Lipinski definition) is 6.